The van der Waals surface area contributed by atoms with E-state index in [0.29, 0.717) is 12.4 Å². The normalized spacial score (nSPS) is 14.6. The number of morpholine rings is 1. The quantitative estimate of drug-likeness (QED) is 0.490. The van der Waals surface area contributed by atoms with Crippen molar-refractivity contribution in [3.8, 4) is 5.75 Å². The third kappa shape index (κ3) is 5.21. The molecule has 1 fully saturated rings. The topological polar surface area (TPSA) is 143 Å². The van der Waals surface area contributed by atoms with Crippen molar-refractivity contribution < 1.29 is 14.3 Å². The van der Waals surface area contributed by atoms with Crippen LogP contribution in [0.2, 0.25) is 0 Å². The van der Waals surface area contributed by atoms with Gasteiger partial charge in [0.2, 0.25) is 0 Å². The summed E-state index contributed by atoms with van der Waals surface area (Å²) in [6.45, 7) is 4.87. The largest absolute Gasteiger partial charge is 0.492 e. The predicted molar refractivity (Wildman–Crippen MR) is 102 cm³/mol. The van der Waals surface area contributed by atoms with Gasteiger partial charge in [0.05, 0.1) is 13.2 Å². The van der Waals surface area contributed by atoms with Crippen molar-refractivity contribution in [2.24, 2.45) is 0 Å². The smallest absolute Gasteiger partial charge is 0.326 e. The third-order valence-electron chi connectivity index (χ3n) is 4.34. The maximum absolute atomic E-state index is 12.2. The van der Waals surface area contributed by atoms with E-state index < -0.39 is 17.2 Å². The van der Waals surface area contributed by atoms with Crippen LogP contribution in [0.1, 0.15) is 16.1 Å². The monoisotopic (exact) mass is 389 g/mol. The zero-order valence-corrected chi connectivity index (χ0v) is 15.3. The highest BCUT2D eigenvalue weighted by molar-refractivity contribution is 5.96. The third-order valence-corrected chi connectivity index (χ3v) is 4.34. The number of carbonyl (C=O) groups is 1. The van der Waals surface area contributed by atoms with Crippen LogP contribution >= 0.6 is 0 Å². The van der Waals surface area contributed by atoms with Crippen LogP contribution in [-0.4, -0.2) is 60.2 Å². The number of nitrogens with one attached hydrogen (secondary N) is 3. The van der Waals surface area contributed by atoms with E-state index in [2.05, 4.69) is 15.2 Å². The number of ether oxygens (including phenoxy) is 2. The molecule has 0 bridgehead atoms. The van der Waals surface area contributed by atoms with Crippen LogP contribution in [-0.2, 0) is 11.3 Å². The zero-order chi connectivity index (χ0) is 19.9. The number of nitrogens with zero attached hydrogens (tertiary/aromatic N) is 1. The van der Waals surface area contributed by atoms with E-state index in [0.717, 1.165) is 38.4 Å². The van der Waals surface area contributed by atoms with Crippen molar-refractivity contribution >= 4 is 11.6 Å². The summed E-state index contributed by atoms with van der Waals surface area (Å²) in [4.78, 5) is 41.5. The molecule has 2 heterocycles. The number of aromatic nitrogens is 2. The summed E-state index contributed by atoms with van der Waals surface area (Å²) in [6, 6.07) is 7.33. The second kappa shape index (κ2) is 9.20. The van der Waals surface area contributed by atoms with E-state index in [1.165, 1.54) is 0 Å². The summed E-state index contributed by atoms with van der Waals surface area (Å²) in [5.74, 6) is 0.0587. The van der Waals surface area contributed by atoms with Gasteiger partial charge < -0.3 is 25.5 Å². The first-order chi connectivity index (χ1) is 13.5. The molecular weight excluding hydrogens is 366 g/mol. The molecule has 10 heteroatoms. The number of H-pyrrole nitrogens is 2. The second-order valence-electron chi connectivity index (χ2n) is 6.33. The van der Waals surface area contributed by atoms with E-state index >= 15 is 0 Å². The molecule has 0 aliphatic carbocycles. The fourth-order valence-corrected chi connectivity index (χ4v) is 2.81. The van der Waals surface area contributed by atoms with Gasteiger partial charge in [-0.15, -0.1) is 0 Å². The molecule has 3 rings (SSSR count). The Morgan fingerprint density at radius 1 is 1.25 bits per heavy atom. The number of aromatic amines is 2. The Morgan fingerprint density at radius 2 is 2.04 bits per heavy atom. The van der Waals surface area contributed by atoms with E-state index in [1.54, 1.807) is 0 Å². The Kier molecular flexibility index (Phi) is 6.45. The van der Waals surface area contributed by atoms with Crippen LogP contribution in [0.3, 0.4) is 0 Å². The van der Waals surface area contributed by atoms with Gasteiger partial charge in [0, 0.05) is 26.2 Å². The lowest BCUT2D eigenvalue weighted by Crippen LogP contribution is -2.38. The molecule has 5 N–H and O–H groups in total. The molecular formula is C18H23N5O5. The number of amides is 1. The molecule has 1 aromatic carbocycles. The van der Waals surface area contributed by atoms with Gasteiger partial charge in [0.1, 0.15) is 23.7 Å². The molecule has 10 nitrogen and oxygen atoms in total. The Labute approximate surface area is 160 Å². The van der Waals surface area contributed by atoms with Gasteiger partial charge in [-0.1, -0.05) is 12.1 Å². The van der Waals surface area contributed by atoms with E-state index in [1.807, 2.05) is 29.2 Å². The van der Waals surface area contributed by atoms with Gasteiger partial charge in [-0.05, 0) is 17.7 Å². The van der Waals surface area contributed by atoms with Crippen LogP contribution in [0.5, 0.6) is 5.75 Å². The maximum atomic E-state index is 12.2. The highest BCUT2D eigenvalue weighted by atomic mass is 16.5. The number of nitrogens with two attached hydrogens (primary N) is 1. The van der Waals surface area contributed by atoms with Crippen LogP contribution in [0.15, 0.2) is 33.9 Å². The van der Waals surface area contributed by atoms with E-state index in [4.69, 9.17) is 15.2 Å². The molecule has 0 atom stereocenters. The summed E-state index contributed by atoms with van der Waals surface area (Å²) in [5, 5.41) is 2.63. The number of hydrogen-bond acceptors (Lipinski definition) is 7. The second-order valence-corrected chi connectivity index (χ2v) is 6.33. The molecule has 0 spiro atoms. The lowest BCUT2D eigenvalue weighted by atomic mass is 10.2. The minimum absolute atomic E-state index is 0.188. The minimum Gasteiger partial charge on any atom is -0.492 e. The Morgan fingerprint density at radius 3 is 2.82 bits per heavy atom. The van der Waals surface area contributed by atoms with Gasteiger partial charge in [0.25, 0.3) is 11.5 Å². The number of anilines is 1. The number of benzene rings is 1. The summed E-state index contributed by atoms with van der Waals surface area (Å²) in [7, 11) is 0. The van der Waals surface area contributed by atoms with Crippen LogP contribution < -0.4 is 27.0 Å². The molecule has 1 saturated heterocycles. The number of nitrogen functional groups attached to an aromatic ring is 1. The molecule has 1 aromatic heterocycles. The van der Waals surface area contributed by atoms with Crippen molar-refractivity contribution in [3.05, 3.63) is 56.4 Å². The summed E-state index contributed by atoms with van der Waals surface area (Å²) >= 11 is 0. The Bertz CT molecular complexity index is 932. The van der Waals surface area contributed by atoms with Gasteiger partial charge in [-0.2, -0.15) is 0 Å². The molecule has 0 saturated carbocycles. The van der Waals surface area contributed by atoms with E-state index in [9.17, 15) is 14.4 Å². The lowest BCUT2D eigenvalue weighted by molar-refractivity contribution is 0.0322. The summed E-state index contributed by atoms with van der Waals surface area (Å²) in [5.41, 5.74) is 4.18. The minimum atomic E-state index is -0.801. The molecule has 2 aromatic rings. The standard InChI is InChI=1S/C18H23N5O5/c19-14-15(21-18(26)22-16(14)24)17(25)20-11-12-2-1-3-13(10-12)28-9-6-23-4-7-27-8-5-23/h1-3,10H,4-9,11,19H2,(H,20,25)(H2,21,22,24,26). The highest BCUT2D eigenvalue weighted by Gasteiger charge is 2.14. The van der Waals surface area contributed by atoms with Crippen molar-refractivity contribution in [2.45, 2.75) is 6.54 Å². The first-order valence-corrected chi connectivity index (χ1v) is 8.95. The molecule has 1 aliphatic rings. The molecule has 0 unspecified atom stereocenters. The zero-order valence-electron chi connectivity index (χ0n) is 15.3. The van der Waals surface area contributed by atoms with Crippen LogP contribution in [0.4, 0.5) is 5.69 Å². The van der Waals surface area contributed by atoms with Gasteiger partial charge in [-0.25, -0.2) is 4.79 Å². The Balaban J connectivity index is 1.53. The van der Waals surface area contributed by atoms with Crippen molar-refractivity contribution in [3.63, 3.8) is 0 Å². The maximum Gasteiger partial charge on any atom is 0.326 e. The summed E-state index contributed by atoms with van der Waals surface area (Å²) in [6.07, 6.45) is 0. The first-order valence-electron chi connectivity index (χ1n) is 8.95. The first kappa shape index (κ1) is 19.6. The molecule has 150 valence electrons. The van der Waals surface area contributed by atoms with Gasteiger partial charge in [0.15, 0.2) is 0 Å². The number of hydrogen-bond donors (Lipinski definition) is 4. The van der Waals surface area contributed by atoms with Crippen LogP contribution in [0.25, 0.3) is 0 Å². The van der Waals surface area contributed by atoms with Gasteiger partial charge in [-0.3, -0.25) is 19.5 Å². The highest BCUT2D eigenvalue weighted by Crippen LogP contribution is 2.13. The number of carbonyl (C=O) groups excluding carboxylic acids is 1. The fourth-order valence-electron chi connectivity index (χ4n) is 2.81. The fraction of sp³-hybridized carbons (Fsp3) is 0.389. The molecule has 0 radical (unpaired) electrons. The summed E-state index contributed by atoms with van der Waals surface area (Å²) < 4.78 is 11.1. The molecule has 1 amide bonds. The average molecular weight is 389 g/mol. The lowest BCUT2D eigenvalue weighted by Gasteiger charge is -2.26. The van der Waals surface area contributed by atoms with Crippen molar-refractivity contribution in [2.75, 3.05) is 45.2 Å². The van der Waals surface area contributed by atoms with Gasteiger partial charge >= 0.3 is 5.69 Å². The average Bonchev–Trinajstić information content (AvgIpc) is 2.70. The SMILES string of the molecule is Nc1c(C(=O)NCc2cccc(OCCN3CCOCC3)c2)[nH]c(=O)[nH]c1=O. The van der Waals surface area contributed by atoms with Crippen molar-refractivity contribution in [1.29, 1.82) is 0 Å². The predicted octanol–water partition coefficient (Wildman–Crippen LogP) is -0.714. The van der Waals surface area contributed by atoms with Crippen molar-refractivity contribution in [1.82, 2.24) is 20.2 Å². The van der Waals surface area contributed by atoms with E-state index in [-0.39, 0.29) is 17.9 Å². The molecule has 28 heavy (non-hydrogen) atoms. The number of rotatable bonds is 7. The molecule has 1 aliphatic heterocycles. The van der Waals surface area contributed by atoms with Crippen LogP contribution in [0, 0.1) is 0 Å². The Hall–Kier alpha value is -3.11.